The lowest BCUT2D eigenvalue weighted by Crippen LogP contribution is -2.02. The highest BCUT2D eigenvalue weighted by molar-refractivity contribution is 6.13. The van der Waals surface area contributed by atoms with Crippen LogP contribution in [0.4, 0.5) is 0 Å². The summed E-state index contributed by atoms with van der Waals surface area (Å²) in [5.74, 6) is 1.78. The molecule has 0 N–H and O–H groups in total. The van der Waals surface area contributed by atoms with Crippen molar-refractivity contribution in [3.63, 3.8) is 0 Å². The van der Waals surface area contributed by atoms with Crippen molar-refractivity contribution in [2.24, 2.45) is 0 Å². The van der Waals surface area contributed by atoms with Crippen LogP contribution in [0.2, 0.25) is 0 Å². The van der Waals surface area contributed by atoms with E-state index in [1.54, 1.807) is 0 Å². The predicted molar refractivity (Wildman–Crippen MR) is 238 cm³/mol. The van der Waals surface area contributed by atoms with Crippen LogP contribution in [0.25, 0.3) is 116 Å². The molecule has 0 bridgehead atoms. The SMILES string of the molecule is c1cc(-c2nc(-c3ccc(-c4cccc5ccccc45)c4ccccc34)nc(-c3cccc4oc5ccccc5c34)n2)cc(-n2c3ccccc3c3ccccc32)c1. The topological polar surface area (TPSA) is 56.7 Å². The van der Waals surface area contributed by atoms with Crippen molar-refractivity contribution in [1.29, 1.82) is 0 Å². The summed E-state index contributed by atoms with van der Waals surface area (Å²) < 4.78 is 8.67. The molecule has 0 atom stereocenters. The van der Waals surface area contributed by atoms with Gasteiger partial charge in [0.05, 0.1) is 11.0 Å². The van der Waals surface area contributed by atoms with Gasteiger partial charge in [0, 0.05) is 43.9 Å². The van der Waals surface area contributed by atoms with Gasteiger partial charge in [0.2, 0.25) is 0 Å². The van der Waals surface area contributed by atoms with Crippen molar-refractivity contribution in [2.75, 3.05) is 0 Å². The summed E-state index contributed by atoms with van der Waals surface area (Å²) in [6.45, 7) is 0. The Labute approximate surface area is 333 Å². The Kier molecular flexibility index (Phi) is 7.16. The van der Waals surface area contributed by atoms with E-state index in [-0.39, 0.29) is 0 Å². The summed E-state index contributed by atoms with van der Waals surface area (Å²) in [7, 11) is 0. The summed E-state index contributed by atoms with van der Waals surface area (Å²) in [6, 6.07) is 68.0. The lowest BCUT2D eigenvalue weighted by Gasteiger charge is -2.15. The molecule has 0 aliphatic heterocycles. The number of benzene rings is 9. The molecule has 0 aliphatic rings. The van der Waals surface area contributed by atoms with E-state index in [0.29, 0.717) is 17.5 Å². The zero-order valence-corrected chi connectivity index (χ0v) is 31.2. The van der Waals surface area contributed by atoms with Gasteiger partial charge in [-0.2, -0.15) is 0 Å². The predicted octanol–water partition coefficient (Wildman–Crippen LogP) is 13.8. The second-order valence-electron chi connectivity index (χ2n) is 14.7. The maximum absolute atomic E-state index is 6.34. The second-order valence-corrected chi connectivity index (χ2v) is 14.7. The Morgan fingerprint density at radius 3 is 1.66 bits per heavy atom. The van der Waals surface area contributed by atoms with E-state index in [4.69, 9.17) is 19.4 Å². The fourth-order valence-corrected chi connectivity index (χ4v) is 8.88. The Bertz CT molecular complexity index is 3540. The van der Waals surface area contributed by atoms with Crippen molar-refractivity contribution >= 4 is 65.3 Å². The summed E-state index contributed by atoms with van der Waals surface area (Å²) >= 11 is 0. The molecule has 9 aromatic carbocycles. The molecule has 3 heterocycles. The van der Waals surface area contributed by atoms with Crippen molar-refractivity contribution in [1.82, 2.24) is 19.5 Å². The molecular weight excluding hydrogens is 709 g/mol. The molecule has 5 heteroatoms. The molecule has 0 aliphatic carbocycles. The number of para-hydroxylation sites is 3. The maximum atomic E-state index is 6.34. The van der Waals surface area contributed by atoms with Crippen LogP contribution < -0.4 is 0 Å². The maximum Gasteiger partial charge on any atom is 0.164 e. The highest BCUT2D eigenvalue weighted by Crippen LogP contribution is 2.41. The second kappa shape index (κ2) is 12.8. The average molecular weight is 741 g/mol. The Morgan fingerprint density at radius 1 is 0.345 bits per heavy atom. The van der Waals surface area contributed by atoms with Crippen LogP contribution in [-0.4, -0.2) is 19.5 Å². The number of rotatable bonds is 5. The normalized spacial score (nSPS) is 11.8. The minimum atomic E-state index is 0.585. The Hall–Kier alpha value is -7.89. The Morgan fingerprint density at radius 2 is 0.862 bits per heavy atom. The third-order valence-corrected chi connectivity index (χ3v) is 11.5. The van der Waals surface area contributed by atoms with Gasteiger partial charge in [-0.25, -0.2) is 15.0 Å². The van der Waals surface area contributed by atoms with Gasteiger partial charge < -0.3 is 8.98 Å². The molecule has 0 unspecified atom stereocenters. The molecule has 3 aromatic heterocycles. The quantitative estimate of drug-likeness (QED) is 0.176. The molecular formula is C53H32N4O. The van der Waals surface area contributed by atoms with Crippen LogP contribution in [0.15, 0.2) is 199 Å². The van der Waals surface area contributed by atoms with E-state index in [1.165, 1.54) is 32.7 Å². The van der Waals surface area contributed by atoms with Crippen LogP contribution in [0.3, 0.4) is 0 Å². The molecule has 0 saturated carbocycles. The molecule has 0 amide bonds. The van der Waals surface area contributed by atoms with Crippen LogP contribution in [0, 0.1) is 0 Å². The largest absolute Gasteiger partial charge is 0.456 e. The monoisotopic (exact) mass is 740 g/mol. The van der Waals surface area contributed by atoms with Crippen LogP contribution in [-0.2, 0) is 0 Å². The van der Waals surface area contributed by atoms with Gasteiger partial charge in [0.15, 0.2) is 17.5 Å². The standard InChI is InChI=1S/C53H32N4O/c1-2-18-36-33(14-1)15-12-24-37(36)40-30-31-43(39-20-4-3-19-38(39)40)52-54-51(55-53(56-52)45-25-13-29-49-50(45)44-23-7-10-28-48(44)58-49)34-16-11-17-35(32-34)57-46-26-8-5-21-41(46)42-22-6-9-27-47(42)57/h1-32H. The molecule has 0 saturated heterocycles. The average Bonchev–Trinajstić information content (AvgIpc) is 3.85. The van der Waals surface area contributed by atoms with Gasteiger partial charge in [-0.15, -0.1) is 0 Å². The summed E-state index contributed by atoms with van der Waals surface area (Å²) in [5, 5.41) is 9.07. The highest BCUT2D eigenvalue weighted by Gasteiger charge is 2.20. The first-order valence-electron chi connectivity index (χ1n) is 19.5. The third-order valence-electron chi connectivity index (χ3n) is 11.5. The molecule has 12 aromatic rings. The fourth-order valence-electron chi connectivity index (χ4n) is 8.88. The van der Waals surface area contributed by atoms with E-state index in [1.807, 2.05) is 30.3 Å². The first kappa shape index (κ1) is 32.4. The smallest absolute Gasteiger partial charge is 0.164 e. The van der Waals surface area contributed by atoms with E-state index < -0.39 is 0 Å². The lowest BCUT2D eigenvalue weighted by atomic mass is 9.92. The van der Waals surface area contributed by atoms with Gasteiger partial charge >= 0.3 is 0 Å². The van der Waals surface area contributed by atoms with Crippen molar-refractivity contribution in [3.05, 3.63) is 194 Å². The van der Waals surface area contributed by atoms with Crippen LogP contribution in [0.1, 0.15) is 0 Å². The summed E-state index contributed by atoms with van der Waals surface area (Å²) in [4.78, 5) is 15.9. The molecule has 0 fully saturated rings. The van der Waals surface area contributed by atoms with Gasteiger partial charge in [0.1, 0.15) is 11.2 Å². The third kappa shape index (κ3) is 5.00. The summed E-state index contributed by atoms with van der Waals surface area (Å²) in [6.07, 6.45) is 0. The minimum Gasteiger partial charge on any atom is -0.456 e. The fraction of sp³-hybridized carbons (Fsp3) is 0. The lowest BCUT2D eigenvalue weighted by molar-refractivity contribution is 0.669. The zero-order chi connectivity index (χ0) is 38.2. The van der Waals surface area contributed by atoms with Gasteiger partial charge in [-0.05, 0) is 75.1 Å². The van der Waals surface area contributed by atoms with Crippen molar-refractivity contribution in [3.8, 4) is 51.0 Å². The number of aromatic nitrogens is 4. The number of hydrogen-bond acceptors (Lipinski definition) is 4. The molecule has 5 nitrogen and oxygen atoms in total. The molecule has 0 spiro atoms. The van der Waals surface area contributed by atoms with E-state index in [9.17, 15) is 0 Å². The van der Waals surface area contributed by atoms with Gasteiger partial charge in [-0.1, -0.05) is 152 Å². The molecule has 12 rings (SSSR count). The van der Waals surface area contributed by atoms with Gasteiger partial charge in [0.25, 0.3) is 0 Å². The highest BCUT2D eigenvalue weighted by atomic mass is 16.3. The molecule has 0 radical (unpaired) electrons. The number of furan rings is 1. The van der Waals surface area contributed by atoms with Crippen molar-refractivity contribution in [2.45, 2.75) is 0 Å². The molecule has 270 valence electrons. The summed E-state index contributed by atoms with van der Waals surface area (Å²) in [5.41, 5.74) is 10.0. The van der Waals surface area contributed by atoms with Gasteiger partial charge in [-0.3, -0.25) is 0 Å². The first-order valence-corrected chi connectivity index (χ1v) is 19.5. The van der Waals surface area contributed by atoms with Crippen LogP contribution in [0.5, 0.6) is 0 Å². The Balaban J connectivity index is 1.11. The number of nitrogens with zero attached hydrogens (tertiary/aromatic N) is 4. The van der Waals surface area contributed by atoms with Crippen molar-refractivity contribution < 1.29 is 4.42 Å². The first-order chi connectivity index (χ1) is 28.8. The van der Waals surface area contributed by atoms with E-state index >= 15 is 0 Å². The number of hydrogen-bond donors (Lipinski definition) is 0. The van der Waals surface area contributed by atoms with E-state index in [2.05, 4.69) is 168 Å². The van der Waals surface area contributed by atoms with E-state index in [0.717, 1.165) is 66.1 Å². The zero-order valence-electron chi connectivity index (χ0n) is 31.2. The minimum absolute atomic E-state index is 0.585. The number of fused-ring (bicyclic) bond motifs is 8. The van der Waals surface area contributed by atoms with Crippen LogP contribution >= 0.6 is 0 Å². The molecule has 58 heavy (non-hydrogen) atoms.